The van der Waals surface area contributed by atoms with Gasteiger partial charge in [-0.15, -0.1) is 0 Å². The van der Waals surface area contributed by atoms with E-state index < -0.39 is 11.5 Å². The highest BCUT2D eigenvalue weighted by atomic mass is 16.2. The van der Waals surface area contributed by atoms with Crippen LogP contribution in [0.25, 0.3) is 0 Å². The van der Waals surface area contributed by atoms with Crippen molar-refractivity contribution < 1.29 is 9.59 Å². The summed E-state index contributed by atoms with van der Waals surface area (Å²) >= 11 is 0. The lowest BCUT2D eigenvalue weighted by Gasteiger charge is -2.34. The lowest BCUT2D eigenvalue weighted by Crippen LogP contribution is -2.56. The summed E-state index contributed by atoms with van der Waals surface area (Å²) in [6.45, 7) is 11.5. The minimum Gasteiger partial charge on any atom is -0.344 e. The van der Waals surface area contributed by atoms with Crippen LogP contribution < -0.4 is 10.6 Å². The van der Waals surface area contributed by atoms with Crippen molar-refractivity contribution in [2.24, 2.45) is 5.41 Å². The zero-order valence-electron chi connectivity index (χ0n) is 12.0. The number of amides is 2. The van der Waals surface area contributed by atoms with E-state index in [1.807, 2.05) is 25.7 Å². The topological polar surface area (TPSA) is 61.4 Å². The van der Waals surface area contributed by atoms with Gasteiger partial charge in [0.05, 0.1) is 0 Å². The summed E-state index contributed by atoms with van der Waals surface area (Å²) in [5.74, 6) is -0.0903. The largest absolute Gasteiger partial charge is 0.344 e. The third-order valence-electron chi connectivity index (χ3n) is 3.08. The zero-order valence-corrected chi connectivity index (χ0v) is 12.0. The standard InChI is InChI=1S/C13H25N3O2/c1-9-8-16(7-6-14-9)11(17)10(2)15-12(18)13(3,4)5/h9-10,14H,6-8H2,1-5H3,(H,15,18). The summed E-state index contributed by atoms with van der Waals surface area (Å²) in [6, 6.07) is -0.143. The van der Waals surface area contributed by atoms with Gasteiger partial charge in [-0.3, -0.25) is 9.59 Å². The van der Waals surface area contributed by atoms with Gasteiger partial charge in [-0.1, -0.05) is 20.8 Å². The molecular formula is C13H25N3O2. The van der Waals surface area contributed by atoms with Crippen LogP contribution in [0.15, 0.2) is 0 Å². The Labute approximate surface area is 109 Å². The van der Waals surface area contributed by atoms with Crippen LogP contribution in [0.2, 0.25) is 0 Å². The molecule has 18 heavy (non-hydrogen) atoms. The molecule has 1 heterocycles. The van der Waals surface area contributed by atoms with Gasteiger partial charge < -0.3 is 15.5 Å². The fraction of sp³-hybridized carbons (Fsp3) is 0.846. The first-order valence-corrected chi connectivity index (χ1v) is 6.55. The van der Waals surface area contributed by atoms with Crippen molar-refractivity contribution >= 4 is 11.8 Å². The minimum atomic E-state index is -0.467. The van der Waals surface area contributed by atoms with Gasteiger partial charge in [-0.25, -0.2) is 0 Å². The predicted molar refractivity (Wildman–Crippen MR) is 71.1 cm³/mol. The Hall–Kier alpha value is -1.10. The Morgan fingerprint density at radius 3 is 2.50 bits per heavy atom. The van der Waals surface area contributed by atoms with Gasteiger partial charge >= 0.3 is 0 Å². The first-order chi connectivity index (χ1) is 8.21. The van der Waals surface area contributed by atoms with E-state index >= 15 is 0 Å². The number of carbonyl (C=O) groups is 2. The van der Waals surface area contributed by atoms with E-state index in [9.17, 15) is 9.59 Å². The molecular weight excluding hydrogens is 230 g/mol. The zero-order chi connectivity index (χ0) is 13.9. The summed E-state index contributed by atoms with van der Waals surface area (Å²) in [6.07, 6.45) is 0. The molecule has 0 bridgehead atoms. The molecule has 1 fully saturated rings. The lowest BCUT2D eigenvalue weighted by atomic mass is 9.95. The molecule has 0 radical (unpaired) electrons. The van der Waals surface area contributed by atoms with E-state index in [1.54, 1.807) is 6.92 Å². The Morgan fingerprint density at radius 2 is 2.00 bits per heavy atom. The number of hydrogen-bond donors (Lipinski definition) is 2. The second kappa shape index (κ2) is 5.69. The molecule has 2 atom stereocenters. The molecule has 0 aromatic rings. The Balaban J connectivity index is 2.53. The highest BCUT2D eigenvalue weighted by molar-refractivity contribution is 5.89. The van der Waals surface area contributed by atoms with Gasteiger partial charge in [-0.05, 0) is 13.8 Å². The molecule has 2 amide bonds. The van der Waals surface area contributed by atoms with Crippen LogP contribution in [-0.2, 0) is 9.59 Å². The predicted octanol–water partition coefficient (Wildman–Crippen LogP) is 0.358. The van der Waals surface area contributed by atoms with Crippen LogP contribution in [0, 0.1) is 5.41 Å². The van der Waals surface area contributed by atoms with Gasteiger partial charge in [0.1, 0.15) is 6.04 Å². The van der Waals surface area contributed by atoms with Crippen molar-refractivity contribution in [3.63, 3.8) is 0 Å². The third-order valence-corrected chi connectivity index (χ3v) is 3.08. The molecule has 0 spiro atoms. The van der Waals surface area contributed by atoms with E-state index in [0.29, 0.717) is 19.1 Å². The molecule has 0 saturated carbocycles. The van der Waals surface area contributed by atoms with E-state index in [-0.39, 0.29) is 11.8 Å². The molecule has 5 nitrogen and oxygen atoms in total. The molecule has 2 unspecified atom stereocenters. The molecule has 5 heteroatoms. The first kappa shape index (κ1) is 15.0. The fourth-order valence-corrected chi connectivity index (χ4v) is 1.88. The van der Waals surface area contributed by atoms with Crippen LogP contribution >= 0.6 is 0 Å². The molecule has 104 valence electrons. The van der Waals surface area contributed by atoms with Crippen LogP contribution in [0.5, 0.6) is 0 Å². The number of piperazine rings is 1. The summed E-state index contributed by atoms with van der Waals surface area (Å²) in [7, 11) is 0. The molecule has 1 aliphatic rings. The van der Waals surface area contributed by atoms with Gasteiger partial charge in [-0.2, -0.15) is 0 Å². The highest BCUT2D eigenvalue weighted by Crippen LogP contribution is 2.13. The summed E-state index contributed by atoms with van der Waals surface area (Å²) < 4.78 is 0. The van der Waals surface area contributed by atoms with Gasteiger partial charge in [0.2, 0.25) is 11.8 Å². The van der Waals surface area contributed by atoms with Crippen LogP contribution in [-0.4, -0.2) is 48.4 Å². The number of nitrogens with one attached hydrogen (secondary N) is 2. The maximum Gasteiger partial charge on any atom is 0.244 e. The summed E-state index contributed by atoms with van der Waals surface area (Å²) in [5.41, 5.74) is -0.467. The van der Waals surface area contributed by atoms with E-state index in [0.717, 1.165) is 6.54 Å². The maximum absolute atomic E-state index is 12.2. The summed E-state index contributed by atoms with van der Waals surface area (Å²) in [5, 5.41) is 6.07. The average molecular weight is 255 g/mol. The van der Waals surface area contributed by atoms with Crippen LogP contribution in [0.1, 0.15) is 34.6 Å². The lowest BCUT2D eigenvalue weighted by molar-refractivity contribution is -0.138. The quantitative estimate of drug-likeness (QED) is 0.749. The molecule has 1 aliphatic heterocycles. The summed E-state index contributed by atoms with van der Waals surface area (Å²) in [4.78, 5) is 25.8. The van der Waals surface area contributed by atoms with Gasteiger partial charge in [0.15, 0.2) is 0 Å². The first-order valence-electron chi connectivity index (χ1n) is 6.55. The van der Waals surface area contributed by atoms with Gasteiger partial charge in [0.25, 0.3) is 0 Å². The fourth-order valence-electron chi connectivity index (χ4n) is 1.88. The van der Waals surface area contributed by atoms with E-state index in [4.69, 9.17) is 0 Å². The SMILES string of the molecule is CC1CN(C(=O)C(C)NC(=O)C(C)(C)C)CCN1. The van der Waals surface area contributed by atoms with Crippen molar-refractivity contribution in [2.45, 2.75) is 46.7 Å². The molecule has 0 aromatic heterocycles. The number of carbonyl (C=O) groups excluding carboxylic acids is 2. The van der Waals surface area contributed by atoms with Crippen LogP contribution in [0.4, 0.5) is 0 Å². The number of nitrogens with zero attached hydrogens (tertiary/aromatic N) is 1. The molecule has 2 N–H and O–H groups in total. The van der Waals surface area contributed by atoms with E-state index in [1.165, 1.54) is 0 Å². The van der Waals surface area contributed by atoms with Crippen molar-refractivity contribution in [1.82, 2.24) is 15.5 Å². The van der Waals surface area contributed by atoms with Crippen molar-refractivity contribution in [3.05, 3.63) is 0 Å². The van der Waals surface area contributed by atoms with Crippen molar-refractivity contribution in [1.29, 1.82) is 0 Å². The van der Waals surface area contributed by atoms with Crippen molar-refractivity contribution in [3.8, 4) is 0 Å². The smallest absolute Gasteiger partial charge is 0.244 e. The second-order valence-electron chi connectivity index (χ2n) is 6.08. The Bertz CT molecular complexity index is 323. The Kier molecular flexibility index (Phi) is 4.73. The normalized spacial score (nSPS) is 22.5. The average Bonchev–Trinajstić information content (AvgIpc) is 2.26. The second-order valence-corrected chi connectivity index (χ2v) is 6.08. The van der Waals surface area contributed by atoms with Crippen LogP contribution in [0.3, 0.4) is 0 Å². The Morgan fingerprint density at radius 1 is 1.39 bits per heavy atom. The van der Waals surface area contributed by atoms with Gasteiger partial charge in [0, 0.05) is 31.1 Å². The molecule has 1 rings (SSSR count). The number of rotatable bonds is 2. The highest BCUT2D eigenvalue weighted by Gasteiger charge is 2.28. The van der Waals surface area contributed by atoms with E-state index in [2.05, 4.69) is 17.6 Å². The monoisotopic (exact) mass is 255 g/mol. The maximum atomic E-state index is 12.2. The minimum absolute atomic E-state index is 0.000880. The molecule has 0 aromatic carbocycles. The number of hydrogen-bond acceptors (Lipinski definition) is 3. The third kappa shape index (κ3) is 3.98. The molecule has 0 aliphatic carbocycles. The molecule has 1 saturated heterocycles. The van der Waals surface area contributed by atoms with Crippen molar-refractivity contribution in [2.75, 3.05) is 19.6 Å².